The lowest BCUT2D eigenvalue weighted by atomic mass is 10.0. The number of fused-ring (bicyclic) bond motifs is 2. The average Bonchev–Trinajstić information content (AvgIpc) is 3.50. The fraction of sp³-hybridized carbons (Fsp3) is 0.222. The lowest BCUT2D eigenvalue weighted by Crippen LogP contribution is -2.42. The minimum atomic E-state index is 0.0932. The number of H-pyrrole nitrogens is 1. The van der Waals surface area contributed by atoms with Crippen LogP contribution >= 0.6 is 15.9 Å². The molecule has 4 heterocycles. The molecular formula is C27H25BrN6O. The molecule has 1 fully saturated rings. The van der Waals surface area contributed by atoms with Crippen LogP contribution in [0.4, 0.5) is 5.82 Å². The number of carbonyl (C=O) groups excluding carboxylic acids is 1. The summed E-state index contributed by atoms with van der Waals surface area (Å²) in [5.74, 6) is 0.998. The predicted molar refractivity (Wildman–Crippen MR) is 142 cm³/mol. The summed E-state index contributed by atoms with van der Waals surface area (Å²) < 4.78 is 2.70. The Morgan fingerprint density at radius 1 is 1.11 bits per heavy atom. The van der Waals surface area contributed by atoms with Gasteiger partial charge in [-0.25, -0.2) is 4.98 Å². The topological polar surface area (TPSA) is 78.3 Å². The molecule has 1 aliphatic heterocycles. The van der Waals surface area contributed by atoms with Crippen LogP contribution in [-0.4, -0.2) is 49.5 Å². The Morgan fingerprint density at radius 3 is 2.77 bits per heavy atom. The first-order valence-corrected chi connectivity index (χ1v) is 12.6. The van der Waals surface area contributed by atoms with Crippen LogP contribution in [0.3, 0.4) is 0 Å². The lowest BCUT2D eigenvalue weighted by Gasteiger charge is -2.33. The second-order valence-corrected chi connectivity index (χ2v) is 9.91. The number of hydrogen-bond donors (Lipinski definition) is 2. The summed E-state index contributed by atoms with van der Waals surface area (Å²) in [6, 6.07) is 18.4. The molecule has 3 aromatic heterocycles. The number of rotatable bonds is 4. The molecular weight excluding hydrogens is 504 g/mol. The normalized spacial score (nSPS) is 14.6. The van der Waals surface area contributed by atoms with Crippen LogP contribution in [0.25, 0.3) is 27.8 Å². The third-order valence-electron chi connectivity index (χ3n) is 6.78. The van der Waals surface area contributed by atoms with Crippen molar-refractivity contribution in [2.45, 2.75) is 25.8 Å². The van der Waals surface area contributed by atoms with Crippen LogP contribution in [-0.2, 0) is 0 Å². The fourth-order valence-corrected chi connectivity index (χ4v) is 5.19. The molecule has 176 valence electrons. The number of aryl methyl sites for hydroxylation is 1. The lowest BCUT2D eigenvalue weighted by molar-refractivity contribution is 0.0718. The molecule has 2 aromatic carbocycles. The van der Waals surface area contributed by atoms with Gasteiger partial charge in [-0.3, -0.25) is 4.79 Å². The van der Waals surface area contributed by atoms with Crippen molar-refractivity contribution < 1.29 is 4.79 Å². The van der Waals surface area contributed by atoms with Crippen LogP contribution in [0.5, 0.6) is 0 Å². The number of benzene rings is 2. The van der Waals surface area contributed by atoms with Crippen molar-refractivity contribution in [3.63, 3.8) is 0 Å². The standard InChI is InChI=1S/C27H25BrN6O/c1-17-4-2-3-5-21(17)24-15-25(34-26(32-24)22(28)16-30-34)31-20-9-12-33(13-10-20)27(35)19-6-7-23-18(14-19)8-11-29-23/h2-8,11,14-16,20,29,31H,9-10,12-13H2,1H3. The molecule has 6 rings (SSSR count). The maximum Gasteiger partial charge on any atom is 0.253 e. The molecule has 0 atom stereocenters. The molecule has 0 aliphatic carbocycles. The highest BCUT2D eigenvalue weighted by molar-refractivity contribution is 9.10. The van der Waals surface area contributed by atoms with Gasteiger partial charge in [-0.1, -0.05) is 24.3 Å². The highest BCUT2D eigenvalue weighted by atomic mass is 79.9. The van der Waals surface area contributed by atoms with E-state index in [1.54, 1.807) is 6.20 Å². The van der Waals surface area contributed by atoms with Crippen LogP contribution in [0.2, 0.25) is 0 Å². The van der Waals surface area contributed by atoms with Crippen molar-refractivity contribution in [3.05, 3.63) is 82.6 Å². The summed E-state index contributed by atoms with van der Waals surface area (Å²) in [6.45, 7) is 3.52. The Labute approximate surface area is 211 Å². The first-order valence-electron chi connectivity index (χ1n) is 11.8. The second kappa shape index (κ2) is 8.85. The van der Waals surface area contributed by atoms with Gasteiger partial charge < -0.3 is 15.2 Å². The van der Waals surface area contributed by atoms with Crippen molar-refractivity contribution in [3.8, 4) is 11.3 Å². The number of anilines is 1. The largest absolute Gasteiger partial charge is 0.367 e. The molecule has 0 unspecified atom stereocenters. The van der Waals surface area contributed by atoms with E-state index in [0.717, 1.165) is 56.5 Å². The number of likely N-dealkylation sites (tertiary alicyclic amines) is 1. The molecule has 5 aromatic rings. The van der Waals surface area contributed by atoms with E-state index in [2.05, 4.69) is 56.5 Å². The Hall–Kier alpha value is -3.65. The minimum Gasteiger partial charge on any atom is -0.367 e. The zero-order valence-electron chi connectivity index (χ0n) is 19.3. The summed E-state index contributed by atoms with van der Waals surface area (Å²) in [5, 5.41) is 9.27. The van der Waals surface area contributed by atoms with E-state index in [-0.39, 0.29) is 11.9 Å². The minimum absolute atomic E-state index is 0.0932. The number of aromatic nitrogens is 4. The number of aromatic amines is 1. The van der Waals surface area contributed by atoms with Crippen molar-refractivity contribution in [1.29, 1.82) is 0 Å². The van der Waals surface area contributed by atoms with Crippen molar-refractivity contribution in [2.75, 3.05) is 18.4 Å². The molecule has 1 saturated heterocycles. The maximum atomic E-state index is 13.1. The molecule has 0 saturated carbocycles. The Balaban J connectivity index is 1.21. The van der Waals surface area contributed by atoms with Gasteiger partial charge >= 0.3 is 0 Å². The Bertz CT molecular complexity index is 1550. The molecule has 2 N–H and O–H groups in total. The molecule has 0 bridgehead atoms. The van der Waals surface area contributed by atoms with E-state index >= 15 is 0 Å². The molecule has 1 amide bonds. The monoisotopic (exact) mass is 528 g/mol. The van der Waals surface area contributed by atoms with Gasteiger partial charge in [0, 0.05) is 53.4 Å². The third kappa shape index (κ3) is 4.08. The Morgan fingerprint density at radius 2 is 1.94 bits per heavy atom. The van der Waals surface area contributed by atoms with E-state index in [0.29, 0.717) is 13.1 Å². The number of carbonyl (C=O) groups is 1. The van der Waals surface area contributed by atoms with E-state index in [1.165, 1.54) is 5.56 Å². The summed E-state index contributed by atoms with van der Waals surface area (Å²) in [4.78, 5) is 23.1. The highest BCUT2D eigenvalue weighted by Gasteiger charge is 2.25. The third-order valence-corrected chi connectivity index (χ3v) is 7.34. The highest BCUT2D eigenvalue weighted by Crippen LogP contribution is 2.29. The van der Waals surface area contributed by atoms with Crippen LogP contribution in [0, 0.1) is 6.92 Å². The van der Waals surface area contributed by atoms with Gasteiger partial charge in [0.15, 0.2) is 5.65 Å². The van der Waals surface area contributed by atoms with Crippen LogP contribution < -0.4 is 5.32 Å². The van der Waals surface area contributed by atoms with Gasteiger partial charge in [-0.15, -0.1) is 0 Å². The van der Waals surface area contributed by atoms with Gasteiger partial charge in [0.05, 0.1) is 16.4 Å². The number of halogens is 1. The molecule has 0 spiro atoms. The van der Waals surface area contributed by atoms with E-state index in [9.17, 15) is 4.79 Å². The smallest absolute Gasteiger partial charge is 0.253 e. The van der Waals surface area contributed by atoms with E-state index in [1.807, 2.05) is 52.0 Å². The average molecular weight is 529 g/mol. The first-order chi connectivity index (χ1) is 17.1. The number of nitrogens with one attached hydrogen (secondary N) is 2. The first kappa shape index (κ1) is 21.9. The van der Waals surface area contributed by atoms with E-state index in [4.69, 9.17) is 4.98 Å². The summed E-state index contributed by atoms with van der Waals surface area (Å²) in [5.41, 5.74) is 5.75. The Kier molecular flexibility index (Phi) is 5.53. The number of amides is 1. The summed E-state index contributed by atoms with van der Waals surface area (Å²) in [6.07, 6.45) is 5.40. The molecule has 7 nitrogen and oxygen atoms in total. The molecule has 0 radical (unpaired) electrons. The quantitative estimate of drug-likeness (QED) is 0.315. The van der Waals surface area contributed by atoms with Crippen molar-refractivity contribution >= 4 is 44.2 Å². The predicted octanol–water partition coefficient (Wildman–Crippen LogP) is 5.67. The van der Waals surface area contributed by atoms with Gasteiger partial charge in [-0.05, 0) is 65.5 Å². The number of nitrogens with zero attached hydrogens (tertiary/aromatic N) is 4. The molecule has 35 heavy (non-hydrogen) atoms. The van der Waals surface area contributed by atoms with Gasteiger partial charge in [0.2, 0.25) is 0 Å². The van der Waals surface area contributed by atoms with Crippen molar-refractivity contribution in [1.82, 2.24) is 24.5 Å². The summed E-state index contributed by atoms with van der Waals surface area (Å²) >= 11 is 3.59. The van der Waals surface area contributed by atoms with Gasteiger partial charge in [0.1, 0.15) is 5.82 Å². The zero-order chi connectivity index (χ0) is 23.9. The van der Waals surface area contributed by atoms with Crippen LogP contribution in [0.1, 0.15) is 28.8 Å². The van der Waals surface area contributed by atoms with Crippen LogP contribution in [0.15, 0.2) is 71.5 Å². The summed E-state index contributed by atoms with van der Waals surface area (Å²) in [7, 11) is 0. The molecule has 1 aliphatic rings. The SMILES string of the molecule is Cc1ccccc1-c1cc(NC2CCN(C(=O)c3ccc4[nH]ccc4c3)CC2)n2ncc(Br)c2n1. The number of hydrogen-bond acceptors (Lipinski definition) is 4. The van der Waals surface area contributed by atoms with Gasteiger partial charge in [0.25, 0.3) is 5.91 Å². The zero-order valence-corrected chi connectivity index (χ0v) is 20.9. The maximum absolute atomic E-state index is 13.1. The fourth-order valence-electron chi connectivity index (χ4n) is 4.84. The van der Waals surface area contributed by atoms with E-state index < -0.39 is 0 Å². The molecule has 8 heteroatoms. The second-order valence-electron chi connectivity index (χ2n) is 9.06. The number of piperidine rings is 1. The van der Waals surface area contributed by atoms with Crippen molar-refractivity contribution in [2.24, 2.45) is 0 Å². The van der Waals surface area contributed by atoms with Gasteiger partial charge in [-0.2, -0.15) is 9.61 Å².